The second kappa shape index (κ2) is 10.2. The van der Waals surface area contributed by atoms with Crippen molar-refractivity contribution in [3.8, 4) is 11.5 Å². The summed E-state index contributed by atoms with van der Waals surface area (Å²) in [6.07, 6.45) is 2.30. The molecule has 0 aromatic heterocycles. The van der Waals surface area contributed by atoms with Crippen LogP contribution < -0.4 is 14.4 Å². The molecule has 32 heavy (non-hydrogen) atoms. The SMILES string of the molecule is COc1ccc2c(Cc3ccc(OCCN(C)C)cc3)c(N3CCC(O)CC3)ccc2c1. The molecule has 5 heteroatoms. The highest BCUT2D eigenvalue weighted by Gasteiger charge is 2.21. The Labute approximate surface area is 191 Å². The first-order chi connectivity index (χ1) is 15.5. The van der Waals surface area contributed by atoms with Crippen LogP contribution in [0.3, 0.4) is 0 Å². The normalized spacial score (nSPS) is 14.8. The van der Waals surface area contributed by atoms with Gasteiger partial charge in [-0.25, -0.2) is 0 Å². The lowest BCUT2D eigenvalue weighted by Crippen LogP contribution is -2.36. The number of benzene rings is 3. The van der Waals surface area contributed by atoms with Crippen LogP contribution in [0.2, 0.25) is 0 Å². The summed E-state index contributed by atoms with van der Waals surface area (Å²) in [6.45, 7) is 3.35. The maximum Gasteiger partial charge on any atom is 0.119 e. The standard InChI is InChI=1S/C27H34N2O3/c1-28(2)16-17-32-23-7-4-20(5-8-23)18-26-25-10-9-24(31-3)19-21(25)6-11-27(26)29-14-12-22(30)13-15-29/h4-11,19,22,30H,12-18H2,1-3H3. The molecule has 0 unspecified atom stereocenters. The van der Waals surface area contributed by atoms with Crippen molar-refractivity contribution in [1.82, 2.24) is 4.90 Å². The summed E-state index contributed by atoms with van der Waals surface area (Å²) in [5.74, 6) is 1.78. The van der Waals surface area contributed by atoms with Gasteiger partial charge in [0.15, 0.2) is 0 Å². The Balaban J connectivity index is 1.62. The number of ether oxygens (including phenoxy) is 2. The van der Waals surface area contributed by atoms with Crippen LogP contribution in [0.25, 0.3) is 10.8 Å². The van der Waals surface area contributed by atoms with Gasteiger partial charge in [0.25, 0.3) is 0 Å². The third kappa shape index (κ3) is 5.34. The zero-order chi connectivity index (χ0) is 22.5. The van der Waals surface area contributed by atoms with Crippen molar-refractivity contribution in [2.75, 3.05) is 52.3 Å². The van der Waals surface area contributed by atoms with Gasteiger partial charge in [0.05, 0.1) is 13.2 Å². The predicted molar refractivity (Wildman–Crippen MR) is 131 cm³/mol. The van der Waals surface area contributed by atoms with E-state index in [0.29, 0.717) is 6.61 Å². The summed E-state index contributed by atoms with van der Waals surface area (Å²) >= 11 is 0. The molecule has 1 N–H and O–H groups in total. The second-order valence-electron chi connectivity index (χ2n) is 8.84. The van der Waals surface area contributed by atoms with Crippen molar-refractivity contribution in [3.05, 3.63) is 65.7 Å². The number of rotatable bonds is 8. The molecule has 5 nitrogen and oxygen atoms in total. The Bertz CT molecular complexity index is 1030. The summed E-state index contributed by atoms with van der Waals surface area (Å²) in [5.41, 5.74) is 3.84. The van der Waals surface area contributed by atoms with E-state index >= 15 is 0 Å². The highest BCUT2D eigenvalue weighted by molar-refractivity contribution is 5.91. The minimum Gasteiger partial charge on any atom is -0.497 e. The Morgan fingerprint density at radius 2 is 1.69 bits per heavy atom. The number of aliphatic hydroxyl groups excluding tert-OH is 1. The van der Waals surface area contributed by atoms with Crippen LogP contribution in [-0.2, 0) is 6.42 Å². The first-order valence-corrected chi connectivity index (χ1v) is 11.4. The molecule has 1 saturated heterocycles. The molecule has 1 aliphatic heterocycles. The Morgan fingerprint density at radius 1 is 0.969 bits per heavy atom. The first kappa shape index (κ1) is 22.4. The fourth-order valence-corrected chi connectivity index (χ4v) is 4.33. The van der Waals surface area contributed by atoms with Crippen molar-refractivity contribution in [3.63, 3.8) is 0 Å². The van der Waals surface area contributed by atoms with Crippen LogP contribution in [0.5, 0.6) is 11.5 Å². The van der Waals surface area contributed by atoms with E-state index in [2.05, 4.69) is 58.3 Å². The number of nitrogens with zero attached hydrogens (tertiary/aromatic N) is 2. The predicted octanol–water partition coefficient (Wildman–Crippen LogP) is 4.34. The van der Waals surface area contributed by atoms with E-state index in [1.807, 2.05) is 20.2 Å². The average Bonchev–Trinajstić information content (AvgIpc) is 2.80. The highest BCUT2D eigenvalue weighted by Crippen LogP contribution is 2.34. The van der Waals surface area contributed by atoms with Gasteiger partial charge >= 0.3 is 0 Å². The maximum absolute atomic E-state index is 9.97. The number of hydrogen-bond donors (Lipinski definition) is 1. The Kier molecular flexibility index (Phi) is 7.18. The number of likely N-dealkylation sites (N-methyl/N-ethyl adjacent to an activating group) is 1. The van der Waals surface area contributed by atoms with Crippen molar-refractivity contribution in [1.29, 1.82) is 0 Å². The molecular formula is C27H34N2O3. The smallest absolute Gasteiger partial charge is 0.119 e. The molecular weight excluding hydrogens is 400 g/mol. The van der Waals surface area contributed by atoms with Gasteiger partial charge in [-0.1, -0.05) is 24.3 Å². The minimum atomic E-state index is -0.181. The van der Waals surface area contributed by atoms with E-state index in [-0.39, 0.29) is 6.10 Å². The largest absolute Gasteiger partial charge is 0.497 e. The summed E-state index contributed by atoms with van der Waals surface area (Å²) < 4.78 is 11.3. The average molecular weight is 435 g/mol. The van der Waals surface area contributed by atoms with Crippen LogP contribution in [0.1, 0.15) is 24.0 Å². The number of anilines is 1. The number of piperidine rings is 1. The molecule has 1 fully saturated rings. The zero-order valence-electron chi connectivity index (χ0n) is 19.4. The number of hydrogen-bond acceptors (Lipinski definition) is 5. The van der Waals surface area contributed by atoms with Gasteiger partial charge in [-0.2, -0.15) is 0 Å². The highest BCUT2D eigenvalue weighted by atomic mass is 16.5. The molecule has 0 saturated carbocycles. The van der Waals surface area contributed by atoms with Gasteiger partial charge in [-0.05, 0) is 79.2 Å². The molecule has 4 rings (SSSR count). The van der Waals surface area contributed by atoms with Crippen LogP contribution in [0, 0.1) is 0 Å². The number of aliphatic hydroxyl groups is 1. The maximum atomic E-state index is 9.97. The van der Waals surface area contributed by atoms with Gasteiger partial charge in [0.1, 0.15) is 18.1 Å². The monoisotopic (exact) mass is 434 g/mol. The Morgan fingerprint density at radius 3 is 2.38 bits per heavy atom. The van der Waals surface area contributed by atoms with Gasteiger partial charge in [-0.3, -0.25) is 0 Å². The quantitative estimate of drug-likeness (QED) is 0.571. The van der Waals surface area contributed by atoms with Gasteiger partial charge in [0, 0.05) is 31.7 Å². The summed E-state index contributed by atoms with van der Waals surface area (Å²) in [4.78, 5) is 4.54. The molecule has 3 aromatic carbocycles. The topological polar surface area (TPSA) is 45.2 Å². The minimum absolute atomic E-state index is 0.181. The lowest BCUT2D eigenvalue weighted by molar-refractivity contribution is 0.145. The van der Waals surface area contributed by atoms with Crippen molar-refractivity contribution in [2.24, 2.45) is 0 Å². The zero-order valence-corrected chi connectivity index (χ0v) is 19.4. The molecule has 1 aliphatic rings. The van der Waals surface area contributed by atoms with E-state index in [9.17, 15) is 5.11 Å². The van der Waals surface area contributed by atoms with E-state index in [1.54, 1.807) is 7.11 Å². The van der Waals surface area contributed by atoms with Crippen LogP contribution in [0.15, 0.2) is 54.6 Å². The third-order valence-corrected chi connectivity index (χ3v) is 6.23. The molecule has 3 aromatic rings. The molecule has 170 valence electrons. The number of fused-ring (bicyclic) bond motifs is 1. The lowest BCUT2D eigenvalue weighted by atomic mass is 9.94. The lowest BCUT2D eigenvalue weighted by Gasteiger charge is -2.33. The fraction of sp³-hybridized carbons (Fsp3) is 0.407. The van der Waals surface area contributed by atoms with E-state index in [4.69, 9.17) is 9.47 Å². The molecule has 0 aliphatic carbocycles. The number of methoxy groups -OCH3 is 1. The molecule has 0 radical (unpaired) electrons. The van der Waals surface area contributed by atoms with Crippen molar-refractivity contribution >= 4 is 16.5 Å². The van der Waals surface area contributed by atoms with Gasteiger partial charge < -0.3 is 24.4 Å². The molecule has 1 heterocycles. The van der Waals surface area contributed by atoms with Crippen LogP contribution in [-0.4, -0.2) is 63.6 Å². The molecule has 0 amide bonds. The molecule has 0 atom stereocenters. The summed E-state index contributed by atoms with van der Waals surface area (Å²) in [5, 5.41) is 12.4. The van der Waals surface area contributed by atoms with Crippen LogP contribution >= 0.6 is 0 Å². The fourth-order valence-electron chi connectivity index (χ4n) is 4.33. The van der Waals surface area contributed by atoms with E-state index < -0.39 is 0 Å². The van der Waals surface area contributed by atoms with E-state index in [1.165, 1.54) is 27.6 Å². The van der Waals surface area contributed by atoms with Gasteiger partial charge in [0.2, 0.25) is 0 Å². The van der Waals surface area contributed by atoms with Crippen molar-refractivity contribution in [2.45, 2.75) is 25.4 Å². The van der Waals surface area contributed by atoms with Crippen molar-refractivity contribution < 1.29 is 14.6 Å². The van der Waals surface area contributed by atoms with E-state index in [0.717, 1.165) is 50.4 Å². The second-order valence-corrected chi connectivity index (χ2v) is 8.84. The molecule has 0 spiro atoms. The first-order valence-electron chi connectivity index (χ1n) is 11.4. The summed E-state index contributed by atoms with van der Waals surface area (Å²) in [7, 11) is 5.80. The van der Waals surface area contributed by atoms with Gasteiger partial charge in [-0.15, -0.1) is 0 Å². The summed E-state index contributed by atoms with van der Waals surface area (Å²) in [6, 6.07) is 19.2. The van der Waals surface area contributed by atoms with Crippen LogP contribution in [0.4, 0.5) is 5.69 Å². The molecule has 0 bridgehead atoms. The third-order valence-electron chi connectivity index (χ3n) is 6.23. The Hall–Kier alpha value is -2.76.